The molecule has 0 saturated heterocycles. The minimum Gasteiger partial charge on any atom is -0.503 e. The lowest BCUT2D eigenvalue weighted by Crippen LogP contribution is -2.31. The summed E-state index contributed by atoms with van der Waals surface area (Å²) in [6, 6.07) is 14.1. The van der Waals surface area contributed by atoms with Crippen LogP contribution in [0.1, 0.15) is 21.3 Å². The first-order chi connectivity index (χ1) is 15.8. The van der Waals surface area contributed by atoms with Crippen molar-refractivity contribution in [3.05, 3.63) is 87.6 Å². The summed E-state index contributed by atoms with van der Waals surface area (Å²) in [6.07, 6.45) is 0. The molecule has 0 spiro atoms. The number of fused-ring (bicyclic) bond motifs is 1. The fourth-order valence-electron chi connectivity index (χ4n) is 3.83. The van der Waals surface area contributed by atoms with Gasteiger partial charge in [-0.1, -0.05) is 29.5 Å². The van der Waals surface area contributed by atoms with Crippen LogP contribution in [-0.4, -0.2) is 35.9 Å². The second-order valence-corrected chi connectivity index (χ2v) is 9.70. The van der Waals surface area contributed by atoms with E-state index < -0.39 is 29.3 Å². The molecule has 1 aliphatic heterocycles. The number of ketones is 1. The maximum atomic E-state index is 13.7. The van der Waals surface area contributed by atoms with Gasteiger partial charge in [0.15, 0.2) is 10.9 Å². The first-order valence-corrected chi connectivity index (χ1v) is 11.7. The largest absolute Gasteiger partial charge is 0.503 e. The molecule has 33 heavy (non-hydrogen) atoms. The van der Waals surface area contributed by atoms with Crippen LogP contribution in [0.3, 0.4) is 0 Å². The molecule has 0 saturated carbocycles. The highest BCUT2D eigenvalue weighted by Gasteiger charge is 2.46. The average Bonchev–Trinajstić information content (AvgIpc) is 3.52. The third kappa shape index (κ3) is 3.59. The van der Waals surface area contributed by atoms with E-state index in [0.29, 0.717) is 20.7 Å². The topological polar surface area (TPSA) is 73.7 Å². The molecule has 1 aliphatic rings. The van der Waals surface area contributed by atoms with Gasteiger partial charge in [-0.2, -0.15) is 0 Å². The van der Waals surface area contributed by atoms with Crippen molar-refractivity contribution in [1.29, 1.82) is 0 Å². The number of Topliss-reactive ketones (excluding diaryl/α,β-unsaturated/α-hetero) is 1. The third-order valence-electron chi connectivity index (χ3n) is 5.47. The highest BCUT2D eigenvalue weighted by molar-refractivity contribution is 7.22. The number of anilines is 2. The summed E-state index contributed by atoms with van der Waals surface area (Å²) >= 11 is 2.37. The van der Waals surface area contributed by atoms with Gasteiger partial charge in [-0.15, -0.1) is 11.3 Å². The van der Waals surface area contributed by atoms with Gasteiger partial charge in [-0.25, -0.2) is 9.37 Å². The zero-order valence-corrected chi connectivity index (χ0v) is 19.3. The van der Waals surface area contributed by atoms with Crippen LogP contribution in [0.4, 0.5) is 15.2 Å². The molecule has 5 rings (SSSR count). The number of amides is 1. The van der Waals surface area contributed by atoms with Gasteiger partial charge in [0.25, 0.3) is 5.91 Å². The van der Waals surface area contributed by atoms with Crippen molar-refractivity contribution in [2.45, 2.75) is 6.04 Å². The highest BCUT2D eigenvalue weighted by Crippen LogP contribution is 2.44. The fraction of sp³-hybridized carbons (Fsp3) is 0.125. The Bertz CT molecular complexity index is 1410. The number of halogens is 1. The van der Waals surface area contributed by atoms with Crippen molar-refractivity contribution >= 4 is 55.4 Å². The Morgan fingerprint density at radius 1 is 1.15 bits per heavy atom. The van der Waals surface area contributed by atoms with Gasteiger partial charge < -0.3 is 10.0 Å². The van der Waals surface area contributed by atoms with Gasteiger partial charge in [0.2, 0.25) is 5.78 Å². The smallest absolute Gasteiger partial charge is 0.296 e. The van der Waals surface area contributed by atoms with Crippen LogP contribution < -0.4 is 9.80 Å². The number of aliphatic hydroxyl groups excluding tert-OH is 1. The number of hydrogen-bond donors (Lipinski definition) is 1. The number of carbonyl (C=O) groups excluding carboxylic acids is 2. The summed E-state index contributed by atoms with van der Waals surface area (Å²) in [5, 5.41) is 12.9. The molecule has 1 N–H and O–H groups in total. The molecule has 166 valence electrons. The number of carbonyl (C=O) groups is 2. The van der Waals surface area contributed by atoms with Crippen molar-refractivity contribution in [3.63, 3.8) is 0 Å². The molecule has 4 aromatic rings. The molecule has 1 atom stereocenters. The van der Waals surface area contributed by atoms with E-state index in [1.54, 1.807) is 17.5 Å². The van der Waals surface area contributed by atoms with Gasteiger partial charge in [0, 0.05) is 19.8 Å². The third-order valence-corrected chi connectivity index (χ3v) is 7.35. The number of benzene rings is 2. The molecule has 0 bridgehead atoms. The predicted molar refractivity (Wildman–Crippen MR) is 129 cm³/mol. The number of rotatable bonds is 5. The highest BCUT2D eigenvalue weighted by atomic mass is 32.1. The van der Waals surface area contributed by atoms with E-state index in [1.165, 1.54) is 34.4 Å². The summed E-state index contributed by atoms with van der Waals surface area (Å²) in [4.78, 5) is 34.8. The quantitative estimate of drug-likeness (QED) is 0.391. The number of aromatic nitrogens is 1. The fourth-order valence-corrected chi connectivity index (χ4v) is 5.53. The molecule has 0 fully saturated rings. The Labute approximate surface area is 196 Å². The lowest BCUT2D eigenvalue weighted by molar-refractivity contribution is -0.117. The lowest BCUT2D eigenvalue weighted by atomic mass is 9.95. The summed E-state index contributed by atoms with van der Waals surface area (Å²) in [7, 11) is 3.83. The van der Waals surface area contributed by atoms with Crippen molar-refractivity contribution in [2.75, 3.05) is 23.9 Å². The van der Waals surface area contributed by atoms with E-state index in [0.717, 1.165) is 17.0 Å². The van der Waals surface area contributed by atoms with E-state index in [-0.39, 0.29) is 10.7 Å². The number of hydrogen-bond acceptors (Lipinski definition) is 7. The minimum absolute atomic E-state index is 0.00508. The molecule has 1 unspecified atom stereocenters. The summed E-state index contributed by atoms with van der Waals surface area (Å²) < 4.78 is 14.3. The Hall–Kier alpha value is -3.56. The normalized spacial score (nSPS) is 16.2. The van der Waals surface area contributed by atoms with Crippen molar-refractivity contribution < 1.29 is 19.1 Å². The van der Waals surface area contributed by atoms with Crippen LogP contribution in [0.2, 0.25) is 0 Å². The maximum absolute atomic E-state index is 13.7. The summed E-state index contributed by atoms with van der Waals surface area (Å²) in [6.45, 7) is 0. The molecule has 6 nitrogen and oxygen atoms in total. The standard InChI is InChI=1S/C24H18FN3O3S2/c1-27(2)15-8-5-13(6-9-15)20-19(21(29)17-4-3-11-32-17)22(30)23(31)28(20)24-26-16-10-7-14(25)12-18(16)33-24/h3-12,20,30H,1-2H3. The molecule has 0 aliphatic carbocycles. The number of nitrogens with zero attached hydrogens (tertiary/aromatic N) is 3. The van der Waals surface area contributed by atoms with Crippen LogP contribution in [0.5, 0.6) is 0 Å². The van der Waals surface area contributed by atoms with Gasteiger partial charge >= 0.3 is 0 Å². The minimum atomic E-state index is -0.867. The molecule has 1 amide bonds. The van der Waals surface area contributed by atoms with E-state index >= 15 is 0 Å². The zero-order chi connectivity index (χ0) is 23.3. The molecule has 2 aromatic carbocycles. The SMILES string of the molecule is CN(C)c1ccc(C2C(C(=O)c3cccs3)=C(O)C(=O)N2c2nc3ccc(F)cc3s2)cc1. The van der Waals surface area contributed by atoms with Crippen LogP contribution in [0, 0.1) is 5.82 Å². The Kier molecular flexibility index (Phi) is 5.22. The Morgan fingerprint density at radius 2 is 1.91 bits per heavy atom. The molecule has 2 aromatic heterocycles. The maximum Gasteiger partial charge on any atom is 0.296 e. The summed E-state index contributed by atoms with van der Waals surface area (Å²) in [5.74, 6) is -2.13. The zero-order valence-electron chi connectivity index (χ0n) is 17.7. The molecule has 9 heteroatoms. The lowest BCUT2D eigenvalue weighted by Gasteiger charge is -2.25. The first-order valence-electron chi connectivity index (χ1n) is 10.0. The van der Waals surface area contributed by atoms with Crippen LogP contribution in [0.25, 0.3) is 10.2 Å². The Balaban J connectivity index is 1.67. The van der Waals surface area contributed by atoms with E-state index in [9.17, 15) is 19.1 Å². The van der Waals surface area contributed by atoms with Gasteiger partial charge in [0.05, 0.1) is 26.7 Å². The molecule has 3 heterocycles. The van der Waals surface area contributed by atoms with Gasteiger partial charge in [-0.05, 0) is 47.3 Å². The van der Waals surface area contributed by atoms with E-state index in [1.807, 2.05) is 43.3 Å². The van der Waals surface area contributed by atoms with Crippen LogP contribution in [-0.2, 0) is 4.79 Å². The first kappa shape index (κ1) is 21.3. The van der Waals surface area contributed by atoms with Crippen molar-refractivity contribution in [1.82, 2.24) is 4.98 Å². The predicted octanol–water partition coefficient (Wildman–Crippen LogP) is 5.35. The van der Waals surface area contributed by atoms with Gasteiger partial charge in [-0.3, -0.25) is 14.5 Å². The van der Waals surface area contributed by atoms with Crippen LogP contribution >= 0.6 is 22.7 Å². The second-order valence-electron chi connectivity index (χ2n) is 7.74. The molecular formula is C24H18FN3O3S2. The molecular weight excluding hydrogens is 461 g/mol. The Morgan fingerprint density at radius 3 is 2.58 bits per heavy atom. The second kappa shape index (κ2) is 8.09. The average molecular weight is 480 g/mol. The number of thiophene rings is 1. The van der Waals surface area contributed by atoms with Crippen molar-refractivity contribution in [3.8, 4) is 0 Å². The van der Waals surface area contributed by atoms with Gasteiger partial charge in [0.1, 0.15) is 5.82 Å². The van der Waals surface area contributed by atoms with E-state index in [4.69, 9.17) is 0 Å². The molecule has 0 radical (unpaired) electrons. The number of thiazole rings is 1. The summed E-state index contributed by atoms with van der Waals surface area (Å²) in [5.41, 5.74) is 2.14. The van der Waals surface area contributed by atoms with Crippen molar-refractivity contribution in [2.24, 2.45) is 0 Å². The van der Waals surface area contributed by atoms with Crippen LogP contribution in [0.15, 0.2) is 71.3 Å². The van der Waals surface area contributed by atoms with E-state index in [2.05, 4.69) is 4.98 Å². The monoisotopic (exact) mass is 479 g/mol. The number of aliphatic hydroxyl groups is 1.